The molecule has 0 spiro atoms. The van der Waals surface area contributed by atoms with Crippen molar-refractivity contribution >= 4 is 23.2 Å². The number of hydrogen-bond acceptors (Lipinski definition) is 10. The van der Waals surface area contributed by atoms with Gasteiger partial charge in [-0.3, -0.25) is 34.3 Å². The Hall–Kier alpha value is -6.11. The molecule has 2 N–H and O–H groups in total. The van der Waals surface area contributed by atoms with Gasteiger partial charge in [0.05, 0.1) is 52.7 Å². The molecule has 4 aromatic heterocycles. The van der Waals surface area contributed by atoms with Gasteiger partial charge in [0.2, 0.25) is 23.6 Å². The zero-order valence-corrected chi connectivity index (χ0v) is 26.9. The molecule has 49 heavy (non-hydrogen) atoms. The Morgan fingerprint density at radius 1 is 0.571 bits per heavy atom. The predicted molar refractivity (Wildman–Crippen MR) is 186 cm³/mol. The van der Waals surface area contributed by atoms with Gasteiger partial charge in [0.15, 0.2) is 0 Å². The third-order valence-corrected chi connectivity index (χ3v) is 7.45. The number of hydrogen-bond donors (Lipinski definition) is 2. The van der Waals surface area contributed by atoms with Crippen LogP contribution in [0.15, 0.2) is 126 Å². The highest BCUT2D eigenvalue weighted by molar-refractivity contribution is 5.97. The lowest BCUT2D eigenvalue weighted by Crippen LogP contribution is -2.33. The van der Waals surface area contributed by atoms with Gasteiger partial charge >= 0.3 is 0 Å². The van der Waals surface area contributed by atoms with Crippen LogP contribution >= 0.6 is 0 Å². The average Bonchev–Trinajstić information content (AvgIpc) is 3.60. The molecule has 6 aromatic rings. The zero-order chi connectivity index (χ0) is 33.8. The van der Waals surface area contributed by atoms with Crippen LogP contribution in [-0.4, -0.2) is 66.9 Å². The lowest BCUT2D eigenvalue weighted by atomic mass is 10.1. The summed E-state index contributed by atoms with van der Waals surface area (Å²) >= 11 is 0. The highest BCUT2D eigenvalue weighted by Gasteiger charge is 2.20. The summed E-state index contributed by atoms with van der Waals surface area (Å²) in [6.07, 6.45) is 5.20. The molecule has 2 amide bonds. The van der Waals surface area contributed by atoms with E-state index in [1.807, 2.05) is 95.7 Å². The van der Waals surface area contributed by atoms with E-state index in [2.05, 4.69) is 35.8 Å². The molecular formula is C37H35N9O3. The third-order valence-electron chi connectivity index (χ3n) is 7.45. The number of nitrogens with one attached hydrogen (secondary N) is 2. The Balaban J connectivity index is 1.14. The van der Waals surface area contributed by atoms with Crippen LogP contribution < -0.4 is 10.6 Å². The van der Waals surface area contributed by atoms with E-state index in [0.29, 0.717) is 42.1 Å². The zero-order valence-electron chi connectivity index (χ0n) is 26.9. The molecule has 12 nitrogen and oxygen atoms in total. The summed E-state index contributed by atoms with van der Waals surface area (Å²) in [5, 5.41) is 14.6. The van der Waals surface area contributed by atoms with Gasteiger partial charge in [0, 0.05) is 38.2 Å². The summed E-state index contributed by atoms with van der Waals surface area (Å²) < 4.78 is 6.13. The fourth-order valence-electron chi connectivity index (χ4n) is 5.26. The Bertz CT molecular complexity index is 1930. The molecule has 12 heteroatoms. The molecule has 0 aliphatic carbocycles. The van der Waals surface area contributed by atoms with Crippen molar-refractivity contribution in [3.05, 3.63) is 139 Å². The first-order valence-corrected chi connectivity index (χ1v) is 15.7. The van der Waals surface area contributed by atoms with Gasteiger partial charge < -0.3 is 15.1 Å². The van der Waals surface area contributed by atoms with Gasteiger partial charge in [-0.1, -0.05) is 42.5 Å². The number of pyridine rings is 3. The molecule has 0 aliphatic rings. The number of aromatic nitrogens is 5. The van der Waals surface area contributed by atoms with Crippen LogP contribution in [0.2, 0.25) is 0 Å². The maximum atomic E-state index is 13.4. The largest absolute Gasteiger partial charge is 0.416 e. The molecule has 0 unspecified atom stereocenters. The van der Waals surface area contributed by atoms with Crippen molar-refractivity contribution in [2.45, 2.75) is 19.6 Å². The predicted octanol–water partition coefficient (Wildman–Crippen LogP) is 5.30. The monoisotopic (exact) mass is 653 g/mol. The maximum Gasteiger partial charge on any atom is 0.250 e. The van der Waals surface area contributed by atoms with Crippen molar-refractivity contribution < 1.29 is 14.0 Å². The first kappa shape index (κ1) is 32.8. The van der Waals surface area contributed by atoms with Crippen molar-refractivity contribution in [3.63, 3.8) is 0 Å². The van der Waals surface area contributed by atoms with E-state index in [9.17, 15) is 9.59 Å². The summed E-state index contributed by atoms with van der Waals surface area (Å²) in [5.41, 5.74) is 4.76. The molecule has 0 radical (unpaired) electrons. The van der Waals surface area contributed by atoms with E-state index in [1.165, 1.54) is 0 Å². The van der Waals surface area contributed by atoms with Crippen LogP contribution in [0.1, 0.15) is 17.1 Å². The Kier molecular flexibility index (Phi) is 10.8. The molecule has 0 bridgehead atoms. The maximum absolute atomic E-state index is 13.4. The van der Waals surface area contributed by atoms with Crippen LogP contribution in [-0.2, 0) is 29.2 Å². The van der Waals surface area contributed by atoms with Gasteiger partial charge in [-0.2, -0.15) is 0 Å². The highest BCUT2D eigenvalue weighted by atomic mass is 16.4. The van der Waals surface area contributed by atoms with E-state index in [1.54, 1.807) is 42.9 Å². The number of carbonyl (C=O) groups is 2. The molecule has 4 heterocycles. The van der Waals surface area contributed by atoms with Crippen LogP contribution in [0.5, 0.6) is 0 Å². The Morgan fingerprint density at radius 3 is 1.47 bits per heavy atom. The van der Waals surface area contributed by atoms with Crippen LogP contribution in [0, 0.1) is 0 Å². The normalized spacial score (nSPS) is 11.1. The third kappa shape index (κ3) is 9.25. The average molecular weight is 654 g/mol. The van der Waals surface area contributed by atoms with Gasteiger partial charge in [0.25, 0.3) is 0 Å². The summed E-state index contributed by atoms with van der Waals surface area (Å²) in [6.45, 7) is 1.73. The summed E-state index contributed by atoms with van der Waals surface area (Å²) in [7, 11) is 1.86. The van der Waals surface area contributed by atoms with Crippen molar-refractivity contribution in [3.8, 4) is 22.9 Å². The van der Waals surface area contributed by atoms with Crippen LogP contribution in [0.25, 0.3) is 22.9 Å². The number of carbonyl (C=O) groups excluding carboxylic acids is 2. The van der Waals surface area contributed by atoms with E-state index in [-0.39, 0.29) is 36.7 Å². The van der Waals surface area contributed by atoms with Crippen LogP contribution in [0.3, 0.4) is 0 Å². The second-order valence-corrected chi connectivity index (χ2v) is 11.4. The number of benzene rings is 2. The summed E-state index contributed by atoms with van der Waals surface area (Å²) in [4.78, 5) is 43.4. The van der Waals surface area contributed by atoms with Gasteiger partial charge in [0.1, 0.15) is 0 Å². The summed E-state index contributed by atoms with van der Waals surface area (Å²) in [5.74, 6) is 0.0330. The number of anilines is 2. The quantitative estimate of drug-likeness (QED) is 0.159. The number of rotatable bonds is 14. The first-order chi connectivity index (χ1) is 24.0. The molecule has 2 aromatic carbocycles. The number of likely N-dealkylation sites (N-methyl/N-ethyl adjacent to an activating group) is 1. The molecular weight excluding hydrogens is 618 g/mol. The van der Waals surface area contributed by atoms with E-state index in [4.69, 9.17) is 4.42 Å². The van der Waals surface area contributed by atoms with Gasteiger partial charge in [-0.25, -0.2) is 0 Å². The second kappa shape index (κ2) is 16.1. The second-order valence-electron chi connectivity index (χ2n) is 11.4. The Morgan fingerprint density at radius 2 is 1.00 bits per heavy atom. The number of nitrogens with zero attached hydrogens (tertiary/aromatic N) is 7. The lowest BCUT2D eigenvalue weighted by Gasteiger charge is -2.21. The van der Waals surface area contributed by atoms with E-state index >= 15 is 0 Å². The summed E-state index contributed by atoms with van der Waals surface area (Å²) in [6, 6.07) is 31.6. The van der Waals surface area contributed by atoms with Gasteiger partial charge in [-0.05, 0) is 67.7 Å². The molecule has 6 rings (SSSR count). The van der Waals surface area contributed by atoms with Crippen molar-refractivity contribution in [2.24, 2.45) is 0 Å². The molecule has 0 saturated heterocycles. The fourth-order valence-corrected chi connectivity index (χ4v) is 5.26. The first-order valence-electron chi connectivity index (χ1n) is 15.7. The van der Waals surface area contributed by atoms with Gasteiger partial charge in [-0.15, -0.1) is 10.2 Å². The number of para-hydroxylation sites is 2. The van der Waals surface area contributed by atoms with E-state index in [0.717, 1.165) is 17.1 Å². The fraction of sp³-hybridized carbons (Fsp3) is 0.162. The molecule has 0 fully saturated rings. The SMILES string of the molecule is CN(CC(=O)Nc1ccccc1-c1nnc(-c2ccccc2NC(=O)CN(Cc2ccccn2)Cc2ccccn2)o1)Cc1ccccn1. The molecule has 0 aliphatic heterocycles. The Labute approximate surface area is 283 Å². The molecule has 246 valence electrons. The topological polar surface area (TPSA) is 142 Å². The van der Waals surface area contributed by atoms with Crippen molar-refractivity contribution in [1.29, 1.82) is 0 Å². The standard InChI is InChI=1S/C37H35N9O3/c1-45(22-27-12-6-9-19-38-27)25-34(47)41-32-17-4-2-15-30(32)36-43-44-37(49-36)31-16-3-5-18-33(31)42-35(48)26-46(23-28-13-7-10-20-39-28)24-29-14-8-11-21-40-29/h2-21H,22-26H2,1H3,(H,41,47)(H,42,48). The van der Waals surface area contributed by atoms with Crippen LogP contribution in [0.4, 0.5) is 11.4 Å². The minimum absolute atomic E-state index is 0.0979. The van der Waals surface area contributed by atoms with Crippen molar-refractivity contribution in [1.82, 2.24) is 34.9 Å². The molecule has 0 saturated carbocycles. The molecule has 0 atom stereocenters. The number of amides is 2. The minimum atomic E-state index is -0.222. The lowest BCUT2D eigenvalue weighted by molar-refractivity contribution is -0.118. The highest BCUT2D eigenvalue weighted by Crippen LogP contribution is 2.32. The van der Waals surface area contributed by atoms with Crippen molar-refractivity contribution in [2.75, 3.05) is 30.8 Å². The minimum Gasteiger partial charge on any atom is -0.416 e. The smallest absolute Gasteiger partial charge is 0.250 e. The van der Waals surface area contributed by atoms with E-state index < -0.39 is 0 Å².